The number of nitrogens with two attached hydrogens (primary N) is 1. The first-order chi connectivity index (χ1) is 8.67. The van der Waals surface area contributed by atoms with E-state index < -0.39 is 0 Å². The number of nitrogen functional groups attached to an aromatic ring is 1. The van der Waals surface area contributed by atoms with Gasteiger partial charge in [-0.05, 0) is 42.0 Å². The van der Waals surface area contributed by atoms with E-state index >= 15 is 0 Å². The molecule has 0 fully saturated rings. The topological polar surface area (TPSA) is 35.2 Å². The first kappa shape index (κ1) is 13.3. The minimum absolute atomic E-state index is 0.737. The molecule has 0 aliphatic carbocycles. The van der Waals surface area contributed by atoms with Gasteiger partial charge in [0.1, 0.15) is 5.75 Å². The van der Waals surface area contributed by atoms with Crippen molar-refractivity contribution in [1.29, 1.82) is 0 Å². The Morgan fingerprint density at radius 1 is 1.17 bits per heavy atom. The van der Waals surface area contributed by atoms with Crippen LogP contribution < -0.4 is 10.5 Å². The average molecular weight is 324 g/mol. The molecule has 0 heterocycles. The summed E-state index contributed by atoms with van der Waals surface area (Å²) in [6, 6.07) is 14.1. The summed E-state index contributed by atoms with van der Waals surface area (Å²) in [5.74, 6) is 1.68. The molecule has 0 aliphatic rings. The number of benzene rings is 2. The van der Waals surface area contributed by atoms with Crippen LogP contribution in [0.1, 0.15) is 5.56 Å². The van der Waals surface area contributed by atoms with Gasteiger partial charge >= 0.3 is 0 Å². The van der Waals surface area contributed by atoms with E-state index in [4.69, 9.17) is 10.5 Å². The van der Waals surface area contributed by atoms with Gasteiger partial charge in [-0.2, -0.15) is 0 Å². The summed E-state index contributed by atoms with van der Waals surface area (Å²) in [6.45, 7) is 0. The predicted octanol–water partition coefficient (Wildman–Crippen LogP) is 4.33. The molecule has 4 heteroatoms. The van der Waals surface area contributed by atoms with E-state index in [2.05, 4.69) is 28.1 Å². The summed E-state index contributed by atoms with van der Waals surface area (Å²) in [5.41, 5.74) is 7.73. The molecule has 94 valence electrons. The molecule has 0 saturated carbocycles. The highest BCUT2D eigenvalue weighted by Crippen LogP contribution is 2.27. The second-order valence-corrected chi connectivity index (χ2v) is 5.82. The zero-order chi connectivity index (χ0) is 13.0. The highest BCUT2D eigenvalue weighted by Gasteiger charge is 2.01. The number of thioether (sulfide) groups is 1. The molecule has 0 saturated heterocycles. The van der Waals surface area contributed by atoms with Crippen molar-refractivity contribution < 1.29 is 4.74 Å². The maximum absolute atomic E-state index is 5.83. The first-order valence-corrected chi connectivity index (χ1v) is 7.27. The molecule has 0 aliphatic heterocycles. The van der Waals surface area contributed by atoms with Crippen LogP contribution in [0.25, 0.3) is 0 Å². The van der Waals surface area contributed by atoms with Gasteiger partial charge in [-0.1, -0.05) is 15.9 Å². The van der Waals surface area contributed by atoms with Crippen LogP contribution in [-0.2, 0) is 5.75 Å². The zero-order valence-corrected chi connectivity index (χ0v) is 12.4. The van der Waals surface area contributed by atoms with Gasteiger partial charge in [0.15, 0.2) is 0 Å². The summed E-state index contributed by atoms with van der Waals surface area (Å²) in [4.78, 5) is 1.24. The second kappa shape index (κ2) is 6.16. The van der Waals surface area contributed by atoms with E-state index in [0.717, 1.165) is 21.7 Å². The van der Waals surface area contributed by atoms with Gasteiger partial charge in [0.05, 0.1) is 7.11 Å². The minimum Gasteiger partial charge on any atom is -0.497 e. The number of ether oxygens (including phenoxy) is 1. The van der Waals surface area contributed by atoms with Gasteiger partial charge < -0.3 is 10.5 Å². The number of hydrogen-bond acceptors (Lipinski definition) is 3. The molecule has 2 nitrogen and oxygen atoms in total. The molecule has 18 heavy (non-hydrogen) atoms. The summed E-state index contributed by atoms with van der Waals surface area (Å²) in [5, 5.41) is 0. The van der Waals surface area contributed by atoms with Crippen molar-refractivity contribution >= 4 is 33.4 Å². The third-order valence-electron chi connectivity index (χ3n) is 2.44. The molecule has 0 unspecified atom stereocenters. The van der Waals surface area contributed by atoms with Crippen LogP contribution in [0.15, 0.2) is 51.8 Å². The maximum Gasteiger partial charge on any atom is 0.121 e. The average Bonchev–Trinajstić information content (AvgIpc) is 2.37. The monoisotopic (exact) mass is 323 g/mol. The Hall–Kier alpha value is -1.13. The first-order valence-electron chi connectivity index (χ1n) is 5.49. The zero-order valence-electron chi connectivity index (χ0n) is 10.0. The number of anilines is 1. The number of methoxy groups -OCH3 is 1. The lowest BCUT2D eigenvalue weighted by atomic mass is 10.2. The fourth-order valence-corrected chi connectivity index (χ4v) is 2.68. The Morgan fingerprint density at radius 3 is 2.56 bits per heavy atom. The van der Waals surface area contributed by atoms with E-state index in [1.165, 1.54) is 10.5 Å². The molecule has 0 amide bonds. The van der Waals surface area contributed by atoms with E-state index in [1.807, 2.05) is 30.3 Å². The summed E-state index contributed by atoms with van der Waals surface area (Å²) in [6.07, 6.45) is 0. The lowest BCUT2D eigenvalue weighted by molar-refractivity contribution is 0.414. The number of hydrogen-bond donors (Lipinski definition) is 1. The normalized spacial score (nSPS) is 10.3. The van der Waals surface area contributed by atoms with Crippen LogP contribution in [0.3, 0.4) is 0 Å². The summed E-state index contributed by atoms with van der Waals surface area (Å²) >= 11 is 5.21. The lowest BCUT2D eigenvalue weighted by Gasteiger charge is -2.06. The van der Waals surface area contributed by atoms with Crippen LogP contribution >= 0.6 is 27.7 Å². The summed E-state index contributed by atoms with van der Waals surface area (Å²) in [7, 11) is 1.65. The van der Waals surface area contributed by atoms with Gasteiger partial charge in [0, 0.05) is 26.9 Å². The Morgan fingerprint density at radius 2 is 1.89 bits per heavy atom. The molecular weight excluding hydrogens is 310 g/mol. The second-order valence-electron chi connectivity index (χ2n) is 3.86. The van der Waals surface area contributed by atoms with Crippen molar-refractivity contribution in [3.63, 3.8) is 0 Å². The minimum atomic E-state index is 0.737. The Bertz CT molecular complexity index is 528. The molecule has 0 bridgehead atoms. The highest BCUT2D eigenvalue weighted by molar-refractivity contribution is 9.10. The van der Waals surface area contributed by atoms with Crippen molar-refractivity contribution in [3.05, 3.63) is 52.5 Å². The SMILES string of the molecule is COc1cc(N)cc(CSc2ccc(Br)cc2)c1. The largest absolute Gasteiger partial charge is 0.497 e. The molecule has 0 atom stereocenters. The van der Waals surface area contributed by atoms with Crippen LogP contribution in [0.4, 0.5) is 5.69 Å². The highest BCUT2D eigenvalue weighted by atomic mass is 79.9. The van der Waals surface area contributed by atoms with Crippen molar-refractivity contribution in [2.45, 2.75) is 10.6 Å². The Balaban J connectivity index is 2.05. The molecule has 0 radical (unpaired) electrons. The van der Waals surface area contributed by atoms with Gasteiger partial charge in [-0.3, -0.25) is 0 Å². The van der Waals surface area contributed by atoms with E-state index in [9.17, 15) is 0 Å². The van der Waals surface area contributed by atoms with Crippen molar-refractivity contribution in [1.82, 2.24) is 0 Å². The van der Waals surface area contributed by atoms with Crippen molar-refractivity contribution in [3.8, 4) is 5.75 Å². The molecule has 2 rings (SSSR count). The summed E-state index contributed by atoms with van der Waals surface area (Å²) < 4.78 is 6.30. The molecule has 2 N–H and O–H groups in total. The van der Waals surface area contributed by atoms with Crippen LogP contribution in [0.5, 0.6) is 5.75 Å². The quantitative estimate of drug-likeness (QED) is 0.671. The van der Waals surface area contributed by atoms with Crippen LogP contribution in [0.2, 0.25) is 0 Å². The van der Waals surface area contributed by atoms with Gasteiger partial charge in [0.2, 0.25) is 0 Å². The van der Waals surface area contributed by atoms with E-state index in [1.54, 1.807) is 18.9 Å². The van der Waals surface area contributed by atoms with E-state index in [0.29, 0.717) is 0 Å². The van der Waals surface area contributed by atoms with Crippen molar-refractivity contribution in [2.24, 2.45) is 0 Å². The number of rotatable bonds is 4. The predicted molar refractivity (Wildman–Crippen MR) is 81.1 cm³/mol. The Labute approximate surface area is 120 Å². The van der Waals surface area contributed by atoms with Gasteiger partial charge in [-0.25, -0.2) is 0 Å². The standard InChI is InChI=1S/C14H14BrNOS/c1-17-13-7-10(6-12(16)8-13)9-18-14-4-2-11(15)3-5-14/h2-8H,9,16H2,1H3. The fourth-order valence-electron chi connectivity index (χ4n) is 1.58. The number of halogens is 1. The molecular formula is C14H14BrNOS. The van der Waals surface area contributed by atoms with E-state index in [-0.39, 0.29) is 0 Å². The molecule has 2 aromatic rings. The van der Waals surface area contributed by atoms with Gasteiger partial charge in [-0.15, -0.1) is 11.8 Å². The van der Waals surface area contributed by atoms with Crippen LogP contribution in [-0.4, -0.2) is 7.11 Å². The third-order valence-corrected chi connectivity index (χ3v) is 4.06. The maximum atomic E-state index is 5.83. The van der Waals surface area contributed by atoms with Gasteiger partial charge in [0.25, 0.3) is 0 Å². The fraction of sp³-hybridized carbons (Fsp3) is 0.143. The Kier molecular flexibility index (Phi) is 4.55. The molecule has 0 aromatic heterocycles. The molecule has 0 spiro atoms. The van der Waals surface area contributed by atoms with Crippen molar-refractivity contribution in [2.75, 3.05) is 12.8 Å². The van der Waals surface area contributed by atoms with Crippen LogP contribution in [0, 0.1) is 0 Å². The third kappa shape index (κ3) is 3.68. The smallest absolute Gasteiger partial charge is 0.121 e. The lowest BCUT2D eigenvalue weighted by Crippen LogP contribution is -1.91. The molecule has 2 aromatic carbocycles.